The molecule has 1 rings (SSSR count). The van der Waals surface area contributed by atoms with E-state index in [0.29, 0.717) is 17.9 Å². The third-order valence-electron chi connectivity index (χ3n) is 2.96. The molecule has 0 spiro atoms. The number of aryl methyl sites for hydroxylation is 1. The first kappa shape index (κ1) is 15.3. The zero-order valence-electron chi connectivity index (χ0n) is 11.9. The Morgan fingerprint density at radius 1 is 1.42 bits per heavy atom. The number of nitrogens with one attached hydrogen (secondary N) is 1. The molecule has 0 radical (unpaired) electrons. The van der Waals surface area contributed by atoms with Gasteiger partial charge in [-0.25, -0.2) is 4.79 Å². The second-order valence-electron chi connectivity index (χ2n) is 4.57. The van der Waals surface area contributed by atoms with E-state index in [0.717, 1.165) is 17.7 Å². The molecule has 106 valence electrons. The van der Waals surface area contributed by atoms with Gasteiger partial charge in [-0.3, -0.25) is 0 Å². The second-order valence-corrected chi connectivity index (χ2v) is 4.57. The summed E-state index contributed by atoms with van der Waals surface area (Å²) < 4.78 is 9.77. The lowest BCUT2D eigenvalue weighted by molar-refractivity contribution is 0.0602. The molecule has 0 heterocycles. The number of nitrogens with two attached hydrogens (primary N) is 1. The summed E-state index contributed by atoms with van der Waals surface area (Å²) in [6.45, 7) is 4.61. The highest BCUT2D eigenvalue weighted by molar-refractivity contribution is 5.97. The monoisotopic (exact) mass is 266 g/mol. The van der Waals surface area contributed by atoms with Crippen LogP contribution in [0.1, 0.15) is 29.3 Å². The fourth-order valence-electron chi connectivity index (χ4n) is 1.81. The van der Waals surface area contributed by atoms with E-state index < -0.39 is 5.97 Å². The quantitative estimate of drug-likeness (QED) is 0.610. The van der Waals surface area contributed by atoms with Crippen molar-refractivity contribution in [3.63, 3.8) is 0 Å². The standard InChI is InChI=1S/C14H22N2O3/c1-9-7-11(16-10(2)5-6-18-3)8-12(13(9)15)14(17)19-4/h7-8,10,16H,5-6,15H2,1-4H3. The summed E-state index contributed by atoms with van der Waals surface area (Å²) in [5.41, 5.74) is 8.45. The molecule has 0 amide bonds. The summed E-state index contributed by atoms with van der Waals surface area (Å²) in [6.07, 6.45) is 0.882. The Balaban J connectivity index is 2.91. The Bertz CT molecular complexity index is 447. The predicted octanol–water partition coefficient (Wildman–Crippen LogP) is 2.20. The van der Waals surface area contributed by atoms with E-state index in [9.17, 15) is 4.79 Å². The number of anilines is 2. The smallest absolute Gasteiger partial charge is 0.340 e. The Morgan fingerprint density at radius 2 is 2.11 bits per heavy atom. The largest absolute Gasteiger partial charge is 0.465 e. The molecule has 1 atom stereocenters. The molecular formula is C14H22N2O3. The minimum absolute atomic E-state index is 0.244. The number of benzene rings is 1. The highest BCUT2D eigenvalue weighted by Gasteiger charge is 2.14. The van der Waals surface area contributed by atoms with Crippen LogP contribution in [0.2, 0.25) is 0 Å². The Morgan fingerprint density at radius 3 is 2.68 bits per heavy atom. The molecule has 1 unspecified atom stereocenters. The highest BCUT2D eigenvalue weighted by atomic mass is 16.5. The molecule has 0 aliphatic heterocycles. The van der Waals surface area contributed by atoms with Gasteiger partial charge in [0.25, 0.3) is 0 Å². The lowest BCUT2D eigenvalue weighted by Gasteiger charge is -2.17. The zero-order valence-corrected chi connectivity index (χ0v) is 11.9. The van der Waals surface area contributed by atoms with Crippen molar-refractivity contribution in [2.45, 2.75) is 26.3 Å². The van der Waals surface area contributed by atoms with E-state index in [4.69, 9.17) is 15.2 Å². The number of esters is 1. The van der Waals surface area contributed by atoms with Crippen molar-refractivity contribution < 1.29 is 14.3 Å². The van der Waals surface area contributed by atoms with Gasteiger partial charge in [0, 0.05) is 31.1 Å². The Labute approximate surface area is 114 Å². The van der Waals surface area contributed by atoms with Crippen molar-refractivity contribution in [3.05, 3.63) is 23.3 Å². The van der Waals surface area contributed by atoms with Crippen molar-refractivity contribution in [1.82, 2.24) is 0 Å². The molecule has 0 fully saturated rings. The van der Waals surface area contributed by atoms with Crippen LogP contribution in [0, 0.1) is 6.92 Å². The van der Waals surface area contributed by atoms with Gasteiger partial charge in [0.05, 0.1) is 12.7 Å². The van der Waals surface area contributed by atoms with Gasteiger partial charge in [-0.15, -0.1) is 0 Å². The van der Waals surface area contributed by atoms with E-state index in [1.165, 1.54) is 7.11 Å². The number of nitrogen functional groups attached to an aromatic ring is 1. The summed E-state index contributed by atoms with van der Waals surface area (Å²) in [7, 11) is 3.02. The molecule has 0 saturated heterocycles. The molecule has 0 bridgehead atoms. The lowest BCUT2D eigenvalue weighted by Crippen LogP contribution is -2.18. The van der Waals surface area contributed by atoms with Gasteiger partial charge >= 0.3 is 5.97 Å². The van der Waals surface area contributed by atoms with E-state index in [2.05, 4.69) is 12.2 Å². The number of methoxy groups -OCH3 is 2. The van der Waals surface area contributed by atoms with Crippen molar-refractivity contribution >= 4 is 17.3 Å². The van der Waals surface area contributed by atoms with Crippen LogP contribution in [-0.2, 0) is 9.47 Å². The first-order chi connectivity index (χ1) is 8.99. The molecule has 5 nitrogen and oxygen atoms in total. The van der Waals surface area contributed by atoms with Crippen molar-refractivity contribution in [1.29, 1.82) is 0 Å². The topological polar surface area (TPSA) is 73.6 Å². The van der Waals surface area contributed by atoms with Crippen LogP contribution in [-0.4, -0.2) is 32.8 Å². The minimum Gasteiger partial charge on any atom is -0.465 e. The van der Waals surface area contributed by atoms with E-state index >= 15 is 0 Å². The molecule has 5 heteroatoms. The van der Waals surface area contributed by atoms with Gasteiger partial charge in [-0.05, 0) is 38.0 Å². The minimum atomic E-state index is -0.422. The van der Waals surface area contributed by atoms with Crippen LogP contribution in [0.5, 0.6) is 0 Å². The average Bonchev–Trinajstić information content (AvgIpc) is 2.39. The normalized spacial score (nSPS) is 12.0. The lowest BCUT2D eigenvalue weighted by atomic mass is 10.1. The van der Waals surface area contributed by atoms with Crippen molar-refractivity contribution in [3.8, 4) is 0 Å². The van der Waals surface area contributed by atoms with Gasteiger partial charge in [-0.1, -0.05) is 0 Å². The molecule has 0 saturated carbocycles. The van der Waals surface area contributed by atoms with E-state index in [-0.39, 0.29) is 6.04 Å². The SMILES string of the molecule is COCCC(C)Nc1cc(C)c(N)c(C(=O)OC)c1. The Kier molecular flexibility index (Phi) is 5.63. The van der Waals surface area contributed by atoms with Gasteiger partial charge < -0.3 is 20.5 Å². The third-order valence-corrected chi connectivity index (χ3v) is 2.96. The maximum Gasteiger partial charge on any atom is 0.340 e. The van der Waals surface area contributed by atoms with Crippen LogP contribution >= 0.6 is 0 Å². The van der Waals surface area contributed by atoms with E-state index in [1.54, 1.807) is 13.2 Å². The first-order valence-electron chi connectivity index (χ1n) is 6.23. The van der Waals surface area contributed by atoms with Crippen LogP contribution in [0.25, 0.3) is 0 Å². The summed E-state index contributed by atoms with van der Waals surface area (Å²) in [5, 5.41) is 3.32. The number of hydrogen-bond acceptors (Lipinski definition) is 5. The van der Waals surface area contributed by atoms with Gasteiger partial charge in [-0.2, -0.15) is 0 Å². The summed E-state index contributed by atoms with van der Waals surface area (Å²) in [6, 6.07) is 3.89. The molecule has 0 aliphatic carbocycles. The summed E-state index contributed by atoms with van der Waals surface area (Å²) in [5.74, 6) is -0.422. The fraction of sp³-hybridized carbons (Fsp3) is 0.500. The summed E-state index contributed by atoms with van der Waals surface area (Å²) in [4.78, 5) is 11.6. The maximum atomic E-state index is 11.6. The number of rotatable bonds is 6. The molecule has 1 aromatic carbocycles. The Hall–Kier alpha value is -1.75. The van der Waals surface area contributed by atoms with E-state index in [1.807, 2.05) is 13.0 Å². The zero-order chi connectivity index (χ0) is 14.4. The average molecular weight is 266 g/mol. The van der Waals surface area contributed by atoms with Crippen molar-refractivity contribution in [2.75, 3.05) is 31.9 Å². The fourth-order valence-corrected chi connectivity index (χ4v) is 1.81. The molecule has 19 heavy (non-hydrogen) atoms. The van der Waals surface area contributed by atoms with Crippen molar-refractivity contribution in [2.24, 2.45) is 0 Å². The molecule has 0 aliphatic rings. The molecular weight excluding hydrogens is 244 g/mol. The number of ether oxygens (including phenoxy) is 2. The van der Waals surface area contributed by atoms with Gasteiger partial charge in [0.15, 0.2) is 0 Å². The van der Waals surface area contributed by atoms with Crippen LogP contribution in [0.3, 0.4) is 0 Å². The number of carbonyl (C=O) groups is 1. The van der Waals surface area contributed by atoms with Crippen LogP contribution in [0.15, 0.2) is 12.1 Å². The second kappa shape index (κ2) is 6.99. The number of carbonyl (C=O) groups excluding carboxylic acids is 1. The van der Waals surface area contributed by atoms with Gasteiger partial charge in [0.1, 0.15) is 0 Å². The predicted molar refractivity (Wildman–Crippen MR) is 76.5 cm³/mol. The summed E-state index contributed by atoms with van der Waals surface area (Å²) >= 11 is 0. The molecule has 0 aromatic heterocycles. The highest BCUT2D eigenvalue weighted by Crippen LogP contribution is 2.24. The van der Waals surface area contributed by atoms with Crippen LogP contribution < -0.4 is 11.1 Å². The molecule has 1 aromatic rings. The van der Waals surface area contributed by atoms with Gasteiger partial charge in [0.2, 0.25) is 0 Å². The number of hydrogen-bond donors (Lipinski definition) is 2. The molecule has 3 N–H and O–H groups in total. The maximum absolute atomic E-state index is 11.6. The van der Waals surface area contributed by atoms with Crippen LogP contribution in [0.4, 0.5) is 11.4 Å². The first-order valence-corrected chi connectivity index (χ1v) is 6.23. The third kappa shape index (κ3) is 4.13.